The topological polar surface area (TPSA) is 30.0 Å². The van der Waals surface area contributed by atoms with Crippen LogP contribution in [0.2, 0.25) is 0 Å². The molecule has 0 spiro atoms. The predicted octanol–water partition coefficient (Wildman–Crippen LogP) is 3.82. The number of rotatable bonds is 4. The molecule has 1 heterocycles. The zero-order valence-corrected chi connectivity index (χ0v) is 13.1. The largest absolute Gasteiger partial charge is 0.265 e. The van der Waals surface area contributed by atoms with Crippen molar-refractivity contribution in [1.29, 1.82) is 0 Å². The highest BCUT2D eigenvalue weighted by molar-refractivity contribution is 7.85. The van der Waals surface area contributed by atoms with E-state index in [0.717, 1.165) is 12.8 Å². The minimum absolute atomic E-state index is 0.142. The molecule has 2 nitrogen and oxygen atoms in total. The van der Waals surface area contributed by atoms with E-state index in [4.69, 9.17) is 0 Å². The van der Waals surface area contributed by atoms with Crippen molar-refractivity contribution in [2.75, 3.05) is 5.75 Å². The first-order valence-electron chi connectivity index (χ1n) is 7.59. The van der Waals surface area contributed by atoms with Gasteiger partial charge in [0.2, 0.25) is 0 Å². The van der Waals surface area contributed by atoms with Crippen LogP contribution in [0.3, 0.4) is 0 Å². The van der Waals surface area contributed by atoms with E-state index in [0.29, 0.717) is 5.75 Å². The van der Waals surface area contributed by atoms with E-state index in [1.165, 1.54) is 27.5 Å². The summed E-state index contributed by atoms with van der Waals surface area (Å²) in [4.78, 5) is 4.03. The van der Waals surface area contributed by atoms with Gasteiger partial charge in [0, 0.05) is 28.9 Å². The third kappa shape index (κ3) is 2.35. The minimum atomic E-state index is -0.849. The van der Waals surface area contributed by atoms with Gasteiger partial charge in [-0.3, -0.25) is 9.19 Å². The van der Waals surface area contributed by atoms with Gasteiger partial charge in [-0.25, -0.2) is 0 Å². The Hall–Kier alpha value is -2.00. The number of nitrogens with zero attached hydrogens (tertiary/aromatic N) is 1. The molecule has 0 aliphatic heterocycles. The SMILES string of the molecule is O=S(CCc1ccncc1)C1Cc2cccc3cccc1c23. The van der Waals surface area contributed by atoms with Crippen LogP contribution in [0.25, 0.3) is 10.8 Å². The van der Waals surface area contributed by atoms with E-state index in [-0.39, 0.29) is 5.25 Å². The lowest BCUT2D eigenvalue weighted by atomic mass is 10.1. The highest BCUT2D eigenvalue weighted by Gasteiger charge is 2.28. The fourth-order valence-electron chi connectivity index (χ4n) is 3.34. The van der Waals surface area contributed by atoms with Crippen LogP contribution in [-0.2, 0) is 23.6 Å². The van der Waals surface area contributed by atoms with Gasteiger partial charge >= 0.3 is 0 Å². The Labute approximate surface area is 132 Å². The van der Waals surface area contributed by atoms with Gasteiger partial charge in [0.25, 0.3) is 0 Å². The molecule has 0 saturated carbocycles. The van der Waals surface area contributed by atoms with Crippen LogP contribution < -0.4 is 0 Å². The van der Waals surface area contributed by atoms with E-state index in [9.17, 15) is 4.21 Å². The van der Waals surface area contributed by atoms with Crippen molar-refractivity contribution in [3.63, 3.8) is 0 Å². The van der Waals surface area contributed by atoms with Crippen molar-refractivity contribution in [2.24, 2.45) is 0 Å². The summed E-state index contributed by atoms with van der Waals surface area (Å²) in [5, 5.41) is 2.74. The molecule has 0 amide bonds. The molecule has 0 N–H and O–H groups in total. The number of benzene rings is 2. The van der Waals surface area contributed by atoms with Crippen molar-refractivity contribution in [1.82, 2.24) is 4.98 Å². The molecule has 0 fully saturated rings. The summed E-state index contributed by atoms with van der Waals surface area (Å²) >= 11 is 0. The van der Waals surface area contributed by atoms with Crippen molar-refractivity contribution < 1.29 is 4.21 Å². The molecular formula is C19H17NOS. The Morgan fingerprint density at radius 1 is 1.05 bits per heavy atom. The zero-order chi connectivity index (χ0) is 14.9. The molecule has 2 atom stereocenters. The average molecular weight is 307 g/mol. The molecular weight excluding hydrogens is 290 g/mol. The van der Waals surface area contributed by atoms with Crippen molar-refractivity contribution in [2.45, 2.75) is 18.1 Å². The van der Waals surface area contributed by atoms with E-state index in [1.807, 2.05) is 12.1 Å². The fraction of sp³-hybridized carbons (Fsp3) is 0.211. The van der Waals surface area contributed by atoms with Crippen LogP contribution in [-0.4, -0.2) is 14.9 Å². The average Bonchev–Trinajstić information content (AvgIpc) is 2.95. The molecule has 1 aliphatic rings. The molecule has 1 aliphatic carbocycles. The maximum absolute atomic E-state index is 12.8. The molecule has 0 saturated heterocycles. The molecule has 0 bridgehead atoms. The van der Waals surface area contributed by atoms with Crippen molar-refractivity contribution in [3.8, 4) is 0 Å². The molecule has 4 rings (SSSR count). The maximum Gasteiger partial charge on any atom is 0.0643 e. The van der Waals surface area contributed by atoms with Gasteiger partial charge in [-0.05, 0) is 52.4 Å². The van der Waals surface area contributed by atoms with Crippen molar-refractivity contribution in [3.05, 3.63) is 77.6 Å². The van der Waals surface area contributed by atoms with Gasteiger partial charge in [-0.1, -0.05) is 36.4 Å². The Bertz CT molecular complexity index is 839. The van der Waals surface area contributed by atoms with Crippen LogP contribution in [0.5, 0.6) is 0 Å². The van der Waals surface area contributed by atoms with E-state index < -0.39 is 10.8 Å². The van der Waals surface area contributed by atoms with E-state index in [1.54, 1.807) is 12.4 Å². The summed E-state index contributed by atoms with van der Waals surface area (Å²) in [6, 6.07) is 16.8. The summed E-state index contributed by atoms with van der Waals surface area (Å²) in [5.74, 6) is 0.707. The predicted molar refractivity (Wildman–Crippen MR) is 91.3 cm³/mol. The summed E-state index contributed by atoms with van der Waals surface area (Å²) in [7, 11) is -0.849. The first kappa shape index (κ1) is 13.6. The first-order chi connectivity index (χ1) is 10.8. The van der Waals surface area contributed by atoms with E-state index >= 15 is 0 Å². The summed E-state index contributed by atoms with van der Waals surface area (Å²) in [6.07, 6.45) is 5.34. The second kappa shape index (κ2) is 5.65. The van der Waals surface area contributed by atoms with E-state index in [2.05, 4.69) is 41.4 Å². The second-order valence-electron chi connectivity index (χ2n) is 5.75. The first-order valence-corrected chi connectivity index (χ1v) is 8.98. The van der Waals surface area contributed by atoms with Crippen molar-refractivity contribution >= 4 is 21.6 Å². The molecule has 3 aromatic rings. The van der Waals surface area contributed by atoms with Crippen LogP contribution in [0.4, 0.5) is 0 Å². The highest BCUT2D eigenvalue weighted by Crippen LogP contribution is 2.40. The standard InChI is InChI=1S/C19H17NOS/c21-22(12-9-14-7-10-20-11-8-14)18-13-16-5-1-3-15-4-2-6-17(18)19(15)16/h1-8,10-11,18H,9,12-13H2. The lowest BCUT2D eigenvalue weighted by Gasteiger charge is -2.11. The second-order valence-corrected chi connectivity index (χ2v) is 7.48. The normalized spacial score (nSPS) is 17.7. The monoisotopic (exact) mass is 307 g/mol. The molecule has 1 aromatic heterocycles. The lowest BCUT2D eigenvalue weighted by Crippen LogP contribution is -2.11. The number of pyridine rings is 1. The Morgan fingerprint density at radius 2 is 1.82 bits per heavy atom. The van der Waals surface area contributed by atoms with Gasteiger partial charge in [0.1, 0.15) is 0 Å². The number of aryl methyl sites for hydroxylation is 1. The zero-order valence-electron chi connectivity index (χ0n) is 12.2. The minimum Gasteiger partial charge on any atom is -0.265 e. The lowest BCUT2D eigenvalue weighted by molar-refractivity contribution is 0.672. The van der Waals surface area contributed by atoms with Crippen LogP contribution in [0.15, 0.2) is 60.9 Å². The molecule has 110 valence electrons. The number of aromatic nitrogens is 1. The highest BCUT2D eigenvalue weighted by atomic mass is 32.2. The van der Waals surface area contributed by atoms with Gasteiger partial charge in [-0.15, -0.1) is 0 Å². The smallest absolute Gasteiger partial charge is 0.0643 e. The summed E-state index contributed by atoms with van der Waals surface area (Å²) < 4.78 is 12.8. The van der Waals surface area contributed by atoms with Crippen LogP contribution >= 0.6 is 0 Å². The third-order valence-corrected chi connectivity index (χ3v) is 6.10. The summed E-state index contributed by atoms with van der Waals surface area (Å²) in [5.41, 5.74) is 3.81. The van der Waals surface area contributed by atoms with Crippen LogP contribution in [0, 0.1) is 0 Å². The molecule has 0 radical (unpaired) electrons. The molecule has 2 aromatic carbocycles. The van der Waals surface area contributed by atoms with Gasteiger partial charge < -0.3 is 0 Å². The Morgan fingerprint density at radius 3 is 2.64 bits per heavy atom. The van der Waals surface area contributed by atoms with Gasteiger partial charge in [-0.2, -0.15) is 0 Å². The van der Waals surface area contributed by atoms with Crippen LogP contribution in [0.1, 0.15) is 21.9 Å². The summed E-state index contributed by atoms with van der Waals surface area (Å²) in [6.45, 7) is 0. The Kier molecular flexibility index (Phi) is 3.51. The maximum atomic E-state index is 12.8. The number of hydrogen-bond donors (Lipinski definition) is 0. The fourth-order valence-corrected chi connectivity index (χ4v) is 4.91. The number of hydrogen-bond acceptors (Lipinski definition) is 2. The molecule has 2 unspecified atom stereocenters. The Balaban J connectivity index is 1.58. The van der Waals surface area contributed by atoms with Gasteiger partial charge in [0.05, 0.1) is 5.25 Å². The third-order valence-electron chi connectivity index (χ3n) is 4.43. The molecule has 3 heteroatoms. The molecule has 22 heavy (non-hydrogen) atoms. The quantitative estimate of drug-likeness (QED) is 0.733. The van der Waals surface area contributed by atoms with Gasteiger partial charge in [0.15, 0.2) is 0 Å².